The lowest BCUT2D eigenvalue weighted by atomic mass is 10.0. The van der Waals surface area contributed by atoms with Gasteiger partial charge in [-0.25, -0.2) is 9.59 Å². The molecule has 1 aliphatic heterocycles. The van der Waals surface area contributed by atoms with E-state index in [9.17, 15) is 19.5 Å². The van der Waals surface area contributed by atoms with E-state index in [0.29, 0.717) is 29.8 Å². The van der Waals surface area contributed by atoms with Crippen LogP contribution in [0.2, 0.25) is 0 Å². The number of carbonyl (C=O) groups excluding carboxylic acids is 2. The number of urea groups is 1. The van der Waals surface area contributed by atoms with Crippen LogP contribution in [-0.4, -0.2) is 40.5 Å². The van der Waals surface area contributed by atoms with E-state index in [1.807, 2.05) is 42.5 Å². The maximum absolute atomic E-state index is 13.2. The molecular formula is C29H29N3O4. The number of hydrogen-bond donors (Lipinski definition) is 3. The zero-order valence-electron chi connectivity index (χ0n) is 20.3. The summed E-state index contributed by atoms with van der Waals surface area (Å²) in [4.78, 5) is 39.2. The van der Waals surface area contributed by atoms with Crippen molar-refractivity contribution < 1.29 is 19.5 Å². The van der Waals surface area contributed by atoms with E-state index < -0.39 is 12.0 Å². The quantitative estimate of drug-likeness (QED) is 0.421. The number of fused-ring (bicyclic) bond motifs is 1. The summed E-state index contributed by atoms with van der Waals surface area (Å²) in [5.41, 5.74) is 4.41. The third-order valence-electron chi connectivity index (χ3n) is 7.10. The van der Waals surface area contributed by atoms with Crippen LogP contribution in [0.4, 0.5) is 16.2 Å². The summed E-state index contributed by atoms with van der Waals surface area (Å²) >= 11 is 0. The Hall–Kier alpha value is -4.13. The topological polar surface area (TPSA) is 98.7 Å². The number of benzene rings is 3. The van der Waals surface area contributed by atoms with Gasteiger partial charge in [0.25, 0.3) is 0 Å². The molecule has 3 atom stereocenters. The lowest BCUT2D eigenvalue weighted by Gasteiger charge is -2.27. The number of aromatic carboxylic acids is 1. The van der Waals surface area contributed by atoms with Crippen molar-refractivity contribution in [3.8, 4) is 11.1 Å². The Kier molecular flexibility index (Phi) is 6.22. The van der Waals surface area contributed by atoms with Crippen LogP contribution in [0.3, 0.4) is 0 Å². The van der Waals surface area contributed by atoms with Crippen LogP contribution in [0.15, 0.2) is 72.8 Å². The molecule has 0 radical (unpaired) electrons. The molecule has 184 valence electrons. The van der Waals surface area contributed by atoms with Gasteiger partial charge in [0.05, 0.1) is 5.56 Å². The number of nitrogens with zero attached hydrogens (tertiary/aromatic N) is 1. The van der Waals surface area contributed by atoms with E-state index in [-0.39, 0.29) is 23.4 Å². The molecule has 0 aromatic heterocycles. The van der Waals surface area contributed by atoms with Gasteiger partial charge in [-0.2, -0.15) is 0 Å². The second-order valence-electron chi connectivity index (χ2n) is 9.92. The van der Waals surface area contributed by atoms with Gasteiger partial charge < -0.3 is 20.6 Å². The van der Waals surface area contributed by atoms with Crippen LogP contribution in [0.5, 0.6) is 0 Å². The third kappa shape index (κ3) is 4.82. The zero-order valence-corrected chi connectivity index (χ0v) is 20.3. The minimum atomic E-state index is -0.975. The van der Waals surface area contributed by atoms with Crippen molar-refractivity contribution in [2.75, 3.05) is 17.2 Å². The molecule has 3 N–H and O–H groups in total. The molecular weight excluding hydrogens is 454 g/mol. The Morgan fingerprint density at radius 2 is 1.56 bits per heavy atom. The van der Waals surface area contributed by atoms with Crippen molar-refractivity contribution in [2.24, 2.45) is 11.8 Å². The first kappa shape index (κ1) is 23.6. The van der Waals surface area contributed by atoms with Crippen LogP contribution in [0, 0.1) is 11.8 Å². The molecule has 3 amide bonds. The van der Waals surface area contributed by atoms with Crippen LogP contribution < -0.4 is 10.6 Å². The van der Waals surface area contributed by atoms with Crippen LogP contribution in [-0.2, 0) is 4.79 Å². The van der Waals surface area contributed by atoms with Gasteiger partial charge in [0.2, 0.25) is 5.91 Å². The third-order valence-corrected chi connectivity index (χ3v) is 7.10. The molecule has 0 spiro atoms. The SMILES string of the molecule is CC(C)c1ccc(NC(=O)N2C[C@@H]3C[C@@H]3[C@@H]2C(=O)Nc2ccc(-c3cccc(C(=O)O)c3)cc2)cc1. The number of nitrogens with one attached hydrogen (secondary N) is 2. The van der Waals surface area contributed by atoms with Crippen molar-refractivity contribution in [3.05, 3.63) is 83.9 Å². The van der Waals surface area contributed by atoms with Crippen LogP contribution >= 0.6 is 0 Å². The molecule has 1 aliphatic carbocycles. The maximum atomic E-state index is 13.2. The Labute approximate surface area is 210 Å². The van der Waals surface area contributed by atoms with Gasteiger partial charge in [-0.1, -0.05) is 50.2 Å². The highest BCUT2D eigenvalue weighted by Gasteiger charge is 2.57. The fraction of sp³-hybridized carbons (Fsp3) is 0.276. The zero-order chi connectivity index (χ0) is 25.4. The summed E-state index contributed by atoms with van der Waals surface area (Å²) in [5, 5.41) is 15.1. The highest BCUT2D eigenvalue weighted by molar-refractivity contribution is 6.00. The van der Waals surface area contributed by atoms with Crippen LogP contribution in [0.1, 0.15) is 42.1 Å². The van der Waals surface area contributed by atoms with Crippen LogP contribution in [0.25, 0.3) is 11.1 Å². The number of carboxylic acid groups (broad SMARTS) is 1. The van der Waals surface area contributed by atoms with Crippen molar-refractivity contribution >= 4 is 29.3 Å². The number of amides is 3. The highest BCUT2D eigenvalue weighted by atomic mass is 16.4. The summed E-state index contributed by atoms with van der Waals surface area (Å²) in [6.07, 6.45) is 0.962. The summed E-state index contributed by atoms with van der Waals surface area (Å²) in [6.45, 7) is 4.83. The minimum Gasteiger partial charge on any atom is -0.478 e. The number of rotatable bonds is 6. The van der Waals surface area contributed by atoms with Crippen molar-refractivity contribution in [1.82, 2.24) is 4.90 Å². The average Bonchev–Trinajstić information content (AvgIpc) is 3.53. The van der Waals surface area contributed by atoms with Gasteiger partial charge in [-0.3, -0.25) is 4.79 Å². The molecule has 1 heterocycles. The molecule has 2 aliphatic rings. The van der Waals surface area contributed by atoms with E-state index >= 15 is 0 Å². The van der Waals surface area contributed by atoms with E-state index in [1.165, 1.54) is 5.56 Å². The van der Waals surface area contributed by atoms with Gasteiger partial charge in [-0.15, -0.1) is 0 Å². The molecule has 0 bridgehead atoms. The molecule has 7 nitrogen and oxygen atoms in total. The molecule has 0 unspecified atom stereocenters. The van der Waals surface area contributed by atoms with E-state index in [0.717, 1.165) is 17.5 Å². The van der Waals surface area contributed by atoms with Gasteiger partial charge in [0.15, 0.2) is 0 Å². The number of carbonyl (C=O) groups is 3. The average molecular weight is 484 g/mol. The second-order valence-corrected chi connectivity index (χ2v) is 9.92. The molecule has 1 saturated carbocycles. The Morgan fingerprint density at radius 1 is 0.889 bits per heavy atom. The lowest BCUT2D eigenvalue weighted by Crippen LogP contribution is -2.47. The van der Waals surface area contributed by atoms with Crippen molar-refractivity contribution in [1.29, 1.82) is 0 Å². The summed E-state index contributed by atoms with van der Waals surface area (Å²) in [6, 6.07) is 21.0. The fourth-order valence-corrected chi connectivity index (χ4v) is 4.95. The molecule has 2 fully saturated rings. The molecule has 3 aromatic carbocycles. The summed E-state index contributed by atoms with van der Waals surface area (Å²) < 4.78 is 0. The smallest absolute Gasteiger partial charge is 0.335 e. The monoisotopic (exact) mass is 483 g/mol. The highest BCUT2D eigenvalue weighted by Crippen LogP contribution is 2.50. The Morgan fingerprint density at radius 3 is 2.22 bits per heavy atom. The van der Waals surface area contributed by atoms with Crippen molar-refractivity contribution in [2.45, 2.75) is 32.2 Å². The van der Waals surface area contributed by atoms with E-state index in [2.05, 4.69) is 24.5 Å². The summed E-state index contributed by atoms with van der Waals surface area (Å²) in [5.74, 6) is -0.184. The molecule has 5 rings (SSSR count). The second kappa shape index (κ2) is 9.49. The van der Waals surface area contributed by atoms with Gasteiger partial charge in [0, 0.05) is 17.9 Å². The fourth-order valence-electron chi connectivity index (χ4n) is 4.95. The van der Waals surface area contributed by atoms with Crippen molar-refractivity contribution in [3.63, 3.8) is 0 Å². The number of piperidine rings is 1. The number of anilines is 2. The molecule has 1 saturated heterocycles. The Bertz CT molecular complexity index is 1300. The lowest BCUT2D eigenvalue weighted by molar-refractivity contribution is -0.120. The first-order valence-corrected chi connectivity index (χ1v) is 12.2. The molecule has 3 aromatic rings. The first-order chi connectivity index (χ1) is 17.3. The maximum Gasteiger partial charge on any atom is 0.335 e. The number of carboxylic acids is 1. The van der Waals surface area contributed by atoms with Gasteiger partial charge >= 0.3 is 12.0 Å². The molecule has 36 heavy (non-hydrogen) atoms. The van der Waals surface area contributed by atoms with E-state index in [4.69, 9.17) is 0 Å². The standard InChI is InChI=1S/C29H29N3O4/c1-17(2)18-6-10-24(11-7-18)31-29(36)32-16-22-15-25(22)26(32)27(33)30-23-12-8-19(9-13-23)20-4-3-5-21(14-20)28(34)35/h3-14,17,22,25-26H,15-16H2,1-2H3,(H,30,33)(H,31,36)(H,34,35)/t22-,25-,26+/m0/s1. The minimum absolute atomic E-state index is 0.189. The van der Waals surface area contributed by atoms with Gasteiger partial charge in [0.1, 0.15) is 6.04 Å². The number of likely N-dealkylation sites (tertiary alicyclic amines) is 1. The largest absolute Gasteiger partial charge is 0.478 e. The Balaban J connectivity index is 1.25. The summed E-state index contributed by atoms with van der Waals surface area (Å²) in [7, 11) is 0. The van der Waals surface area contributed by atoms with Gasteiger partial charge in [-0.05, 0) is 77.3 Å². The van der Waals surface area contributed by atoms with E-state index in [1.54, 1.807) is 35.2 Å². The molecule has 7 heteroatoms. The number of hydrogen-bond acceptors (Lipinski definition) is 3. The predicted molar refractivity (Wildman–Crippen MR) is 139 cm³/mol. The predicted octanol–water partition coefficient (Wildman–Crippen LogP) is 5.67. The first-order valence-electron chi connectivity index (χ1n) is 12.2. The normalized spacial score (nSPS) is 20.1.